The van der Waals surface area contributed by atoms with Crippen molar-refractivity contribution in [3.05, 3.63) is 59.7 Å². The molecule has 0 bridgehead atoms. The summed E-state index contributed by atoms with van der Waals surface area (Å²) in [5.41, 5.74) is 2.04. The van der Waals surface area contributed by atoms with Gasteiger partial charge < -0.3 is 10.2 Å². The first-order valence-electron chi connectivity index (χ1n) is 10.5. The third-order valence-corrected chi connectivity index (χ3v) is 7.36. The van der Waals surface area contributed by atoms with Crippen molar-refractivity contribution in [3.63, 3.8) is 0 Å². The molecule has 2 aromatic carbocycles. The third kappa shape index (κ3) is 5.61. The number of rotatable bonds is 8. The first-order chi connectivity index (χ1) is 14.4. The number of piperidine rings is 1. The Morgan fingerprint density at radius 3 is 2.27 bits per heavy atom. The molecule has 162 valence electrons. The zero-order chi connectivity index (χ0) is 21.6. The topological polar surface area (TPSA) is 69.7 Å². The molecule has 0 aliphatic carbocycles. The summed E-state index contributed by atoms with van der Waals surface area (Å²) in [6.07, 6.45) is 4.80. The summed E-state index contributed by atoms with van der Waals surface area (Å²) in [4.78, 5) is 15.1. The van der Waals surface area contributed by atoms with Crippen molar-refractivity contribution in [1.29, 1.82) is 0 Å². The fraction of sp³-hybridized carbons (Fsp3) is 0.435. The van der Waals surface area contributed by atoms with Gasteiger partial charge in [-0.2, -0.15) is 0 Å². The van der Waals surface area contributed by atoms with Crippen molar-refractivity contribution in [1.82, 2.24) is 10.2 Å². The van der Waals surface area contributed by atoms with Crippen molar-refractivity contribution in [3.8, 4) is 0 Å². The molecule has 0 radical (unpaired) electrons. The second-order valence-corrected chi connectivity index (χ2v) is 9.81. The summed E-state index contributed by atoms with van der Waals surface area (Å²) in [5.74, 6) is -0.135. The van der Waals surface area contributed by atoms with E-state index in [2.05, 4.69) is 10.2 Å². The van der Waals surface area contributed by atoms with Crippen LogP contribution in [-0.2, 0) is 10.0 Å². The molecule has 1 N–H and O–H groups in total. The predicted molar refractivity (Wildman–Crippen MR) is 120 cm³/mol. The lowest BCUT2D eigenvalue weighted by Crippen LogP contribution is -2.33. The smallest absolute Gasteiger partial charge is 0.264 e. The molecule has 1 fully saturated rings. The molecule has 1 saturated heterocycles. The minimum Gasteiger partial charge on any atom is -0.352 e. The number of aryl methyl sites for hydroxylation is 1. The molecule has 7 heteroatoms. The second kappa shape index (κ2) is 10.1. The monoisotopic (exact) mass is 429 g/mol. The summed E-state index contributed by atoms with van der Waals surface area (Å²) in [5, 5.41) is 2.95. The van der Waals surface area contributed by atoms with Gasteiger partial charge in [0.2, 0.25) is 0 Å². The predicted octanol–water partition coefficient (Wildman–Crippen LogP) is 3.43. The number of carbonyl (C=O) groups excluding carboxylic acids is 1. The molecular weight excluding hydrogens is 398 g/mol. The third-order valence-electron chi connectivity index (χ3n) is 5.56. The van der Waals surface area contributed by atoms with E-state index in [9.17, 15) is 13.2 Å². The molecule has 0 unspecified atom stereocenters. The van der Waals surface area contributed by atoms with Crippen molar-refractivity contribution < 1.29 is 13.2 Å². The Kier molecular flexibility index (Phi) is 7.50. The molecule has 1 aliphatic rings. The van der Waals surface area contributed by atoms with Gasteiger partial charge >= 0.3 is 0 Å². The number of benzene rings is 2. The summed E-state index contributed by atoms with van der Waals surface area (Å²) >= 11 is 0. The van der Waals surface area contributed by atoms with E-state index < -0.39 is 10.0 Å². The average molecular weight is 430 g/mol. The summed E-state index contributed by atoms with van der Waals surface area (Å²) < 4.78 is 26.9. The van der Waals surface area contributed by atoms with E-state index in [1.54, 1.807) is 48.5 Å². The number of likely N-dealkylation sites (tertiary alicyclic amines) is 1. The van der Waals surface area contributed by atoms with E-state index in [0.717, 1.165) is 31.6 Å². The highest BCUT2D eigenvalue weighted by atomic mass is 32.2. The number of amides is 1. The number of carbonyl (C=O) groups is 1. The van der Waals surface area contributed by atoms with Gasteiger partial charge in [-0.15, -0.1) is 0 Å². The molecule has 1 aliphatic heterocycles. The first-order valence-corrected chi connectivity index (χ1v) is 12.0. The molecule has 6 nitrogen and oxygen atoms in total. The fourth-order valence-electron chi connectivity index (χ4n) is 3.62. The lowest BCUT2D eigenvalue weighted by molar-refractivity contribution is 0.0951. The Hall–Kier alpha value is -2.38. The van der Waals surface area contributed by atoms with Crippen LogP contribution in [-0.4, -0.2) is 52.5 Å². The van der Waals surface area contributed by atoms with Gasteiger partial charge in [-0.3, -0.25) is 9.10 Å². The van der Waals surface area contributed by atoms with Crippen LogP contribution in [0.15, 0.2) is 53.4 Å². The maximum Gasteiger partial charge on any atom is 0.264 e. The molecule has 30 heavy (non-hydrogen) atoms. The van der Waals surface area contributed by atoms with Crippen LogP contribution in [0.2, 0.25) is 0 Å². The summed E-state index contributed by atoms with van der Waals surface area (Å²) in [6, 6.07) is 13.4. The van der Waals surface area contributed by atoms with Crippen LogP contribution >= 0.6 is 0 Å². The van der Waals surface area contributed by atoms with Crippen LogP contribution in [0.1, 0.15) is 41.6 Å². The van der Waals surface area contributed by atoms with Gasteiger partial charge in [0, 0.05) is 19.2 Å². The maximum atomic E-state index is 12.8. The lowest BCUT2D eigenvalue weighted by Gasteiger charge is -2.26. The Labute approximate surface area is 179 Å². The minimum absolute atomic E-state index is 0.135. The normalized spacial score (nSPS) is 15.0. The van der Waals surface area contributed by atoms with Gasteiger partial charge in [0.15, 0.2) is 0 Å². The van der Waals surface area contributed by atoms with Gasteiger partial charge in [0.05, 0.1) is 10.6 Å². The van der Waals surface area contributed by atoms with E-state index in [1.807, 2.05) is 6.92 Å². The number of nitrogens with zero attached hydrogens (tertiary/aromatic N) is 2. The van der Waals surface area contributed by atoms with Crippen LogP contribution < -0.4 is 9.62 Å². The SMILES string of the molecule is Cc1ccc(S(=O)(=O)N(C)c2ccc(C(=O)NCCCN3CCCCC3)cc2)cc1. The number of hydrogen-bond donors (Lipinski definition) is 1. The van der Waals surface area contributed by atoms with E-state index >= 15 is 0 Å². The minimum atomic E-state index is -3.64. The van der Waals surface area contributed by atoms with Crippen LogP contribution in [0.4, 0.5) is 5.69 Å². The quantitative estimate of drug-likeness (QED) is 0.653. The maximum absolute atomic E-state index is 12.8. The van der Waals surface area contributed by atoms with Crippen molar-refractivity contribution in [2.45, 2.75) is 37.5 Å². The van der Waals surface area contributed by atoms with E-state index in [1.165, 1.54) is 30.6 Å². The highest BCUT2D eigenvalue weighted by Gasteiger charge is 2.21. The van der Waals surface area contributed by atoms with Crippen molar-refractivity contribution in [2.75, 3.05) is 37.5 Å². The van der Waals surface area contributed by atoms with Gasteiger partial charge in [-0.05, 0) is 82.2 Å². The van der Waals surface area contributed by atoms with E-state index in [0.29, 0.717) is 17.8 Å². The van der Waals surface area contributed by atoms with Crippen LogP contribution in [0.25, 0.3) is 0 Å². The largest absolute Gasteiger partial charge is 0.352 e. The molecule has 2 aromatic rings. The van der Waals surface area contributed by atoms with Gasteiger partial charge in [-0.1, -0.05) is 24.1 Å². The molecule has 1 heterocycles. The number of anilines is 1. The second-order valence-electron chi connectivity index (χ2n) is 7.84. The highest BCUT2D eigenvalue weighted by molar-refractivity contribution is 7.92. The Morgan fingerprint density at radius 1 is 1.00 bits per heavy atom. The van der Waals surface area contributed by atoms with Crippen LogP contribution in [0.3, 0.4) is 0 Å². The first kappa shape index (κ1) is 22.3. The van der Waals surface area contributed by atoms with E-state index in [4.69, 9.17) is 0 Å². The molecule has 0 atom stereocenters. The summed E-state index contributed by atoms with van der Waals surface area (Å²) in [7, 11) is -2.12. The van der Waals surface area contributed by atoms with Crippen molar-refractivity contribution >= 4 is 21.6 Å². The molecule has 0 spiro atoms. The molecule has 1 amide bonds. The van der Waals surface area contributed by atoms with Gasteiger partial charge in [0.1, 0.15) is 0 Å². The lowest BCUT2D eigenvalue weighted by atomic mass is 10.1. The Morgan fingerprint density at radius 2 is 1.63 bits per heavy atom. The van der Waals surface area contributed by atoms with Crippen LogP contribution in [0.5, 0.6) is 0 Å². The molecule has 3 rings (SSSR count). The molecule has 0 aromatic heterocycles. The Balaban J connectivity index is 1.54. The van der Waals surface area contributed by atoms with E-state index in [-0.39, 0.29) is 10.8 Å². The highest BCUT2D eigenvalue weighted by Crippen LogP contribution is 2.22. The Bertz CT molecular complexity index is 935. The average Bonchev–Trinajstić information content (AvgIpc) is 2.77. The number of sulfonamides is 1. The van der Waals surface area contributed by atoms with Crippen LogP contribution in [0, 0.1) is 6.92 Å². The number of hydrogen-bond acceptors (Lipinski definition) is 4. The standard InChI is InChI=1S/C23H31N3O3S/c1-19-7-13-22(14-8-19)30(28,29)25(2)21-11-9-20(10-12-21)23(27)24-15-6-18-26-16-4-3-5-17-26/h7-14H,3-6,15-18H2,1-2H3,(H,24,27). The zero-order valence-electron chi connectivity index (χ0n) is 17.8. The molecular formula is C23H31N3O3S. The van der Waals surface area contributed by atoms with Crippen molar-refractivity contribution in [2.24, 2.45) is 0 Å². The fourth-order valence-corrected chi connectivity index (χ4v) is 4.82. The number of nitrogens with one attached hydrogen (secondary N) is 1. The summed E-state index contributed by atoms with van der Waals surface area (Å²) in [6.45, 7) is 5.89. The van der Waals surface area contributed by atoms with Gasteiger partial charge in [0.25, 0.3) is 15.9 Å². The van der Waals surface area contributed by atoms with Gasteiger partial charge in [-0.25, -0.2) is 8.42 Å². The zero-order valence-corrected chi connectivity index (χ0v) is 18.6. The molecule has 0 saturated carbocycles.